The van der Waals surface area contributed by atoms with Gasteiger partial charge >= 0.3 is 0 Å². The molecule has 0 aliphatic rings. The van der Waals surface area contributed by atoms with Crippen molar-refractivity contribution in [2.24, 2.45) is 0 Å². The summed E-state index contributed by atoms with van der Waals surface area (Å²) in [5.41, 5.74) is 2.69. The van der Waals surface area contributed by atoms with E-state index < -0.39 is 0 Å². The van der Waals surface area contributed by atoms with Crippen molar-refractivity contribution < 1.29 is 4.79 Å². The lowest BCUT2D eigenvalue weighted by Crippen LogP contribution is -2.14. The lowest BCUT2D eigenvalue weighted by atomic mass is 10.1. The van der Waals surface area contributed by atoms with Gasteiger partial charge in [0.2, 0.25) is 6.41 Å². The standard InChI is InChI=1S/C14H12Cl2N2O/c1-18(9-19)8-10-2-5-14(17-7-10)11-3-4-12(15)13(16)6-11/h2-7,9H,8H2,1H3. The van der Waals surface area contributed by atoms with Crippen molar-refractivity contribution >= 4 is 29.6 Å². The number of hydrogen-bond donors (Lipinski definition) is 0. The fourth-order valence-electron chi connectivity index (χ4n) is 1.67. The number of pyridine rings is 1. The molecule has 2 aromatic rings. The highest BCUT2D eigenvalue weighted by atomic mass is 35.5. The van der Waals surface area contributed by atoms with E-state index in [1.165, 1.54) is 0 Å². The van der Waals surface area contributed by atoms with E-state index in [0.29, 0.717) is 16.6 Å². The Hall–Kier alpha value is -1.58. The number of nitrogens with zero attached hydrogens (tertiary/aromatic N) is 2. The zero-order valence-corrected chi connectivity index (χ0v) is 11.8. The molecule has 0 atom stereocenters. The molecule has 1 aromatic carbocycles. The number of rotatable bonds is 4. The Morgan fingerprint density at radius 1 is 1.21 bits per heavy atom. The Kier molecular flexibility index (Phi) is 4.40. The quantitative estimate of drug-likeness (QED) is 0.807. The molecule has 2 rings (SSSR count). The van der Waals surface area contributed by atoms with E-state index >= 15 is 0 Å². The number of carbonyl (C=O) groups is 1. The molecule has 0 radical (unpaired) electrons. The Morgan fingerprint density at radius 3 is 2.58 bits per heavy atom. The van der Waals surface area contributed by atoms with Gasteiger partial charge < -0.3 is 4.90 Å². The fraction of sp³-hybridized carbons (Fsp3) is 0.143. The molecule has 0 spiro atoms. The van der Waals surface area contributed by atoms with E-state index in [9.17, 15) is 4.79 Å². The molecule has 0 bridgehead atoms. The van der Waals surface area contributed by atoms with Crippen LogP contribution in [-0.4, -0.2) is 23.3 Å². The molecule has 0 saturated heterocycles. The van der Waals surface area contributed by atoms with Crippen LogP contribution in [0.2, 0.25) is 10.0 Å². The van der Waals surface area contributed by atoms with Crippen LogP contribution in [0.4, 0.5) is 0 Å². The second-order valence-electron chi connectivity index (χ2n) is 4.20. The van der Waals surface area contributed by atoms with Crippen LogP contribution < -0.4 is 0 Å². The number of carbonyl (C=O) groups excluding carboxylic acids is 1. The molecule has 5 heteroatoms. The van der Waals surface area contributed by atoms with Crippen LogP contribution in [0.25, 0.3) is 11.3 Å². The summed E-state index contributed by atoms with van der Waals surface area (Å²) in [5.74, 6) is 0. The van der Waals surface area contributed by atoms with E-state index in [-0.39, 0.29) is 0 Å². The Bertz CT molecular complexity index is 584. The zero-order valence-electron chi connectivity index (χ0n) is 10.3. The number of aromatic nitrogens is 1. The zero-order chi connectivity index (χ0) is 13.8. The maximum atomic E-state index is 10.5. The van der Waals surface area contributed by atoms with Gasteiger partial charge in [-0.15, -0.1) is 0 Å². The summed E-state index contributed by atoms with van der Waals surface area (Å²) in [6.07, 6.45) is 2.53. The van der Waals surface area contributed by atoms with Crippen molar-refractivity contribution in [3.63, 3.8) is 0 Å². The van der Waals surface area contributed by atoms with E-state index in [2.05, 4.69) is 4.98 Å². The van der Waals surface area contributed by atoms with Gasteiger partial charge in [-0.05, 0) is 23.8 Å². The molecule has 3 nitrogen and oxygen atoms in total. The monoisotopic (exact) mass is 294 g/mol. The van der Waals surface area contributed by atoms with Gasteiger partial charge in [-0.25, -0.2) is 0 Å². The molecule has 1 aromatic heterocycles. The maximum Gasteiger partial charge on any atom is 0.209 e. The lowest BCUT2D eigenvalue weighted by molar-refractivity contribution is -0.117. The summed E-state index contributed by atoms with van der Waals surface area (Å²) in [4.78, 5) is 16.5. The Morgan fingerprint density at radius 2 is 2.00 bits per heavy atom. The second kappa shape index (κ2) is 6.04. The predicted molar refractivity (Wildman–Crippen MR) is 77.2 cm³/mol. The van der Waals surface area contributed by atoms with Crippen LogP contribution >= 0.6 is 23.2 Å². The van der Waals surface area contributed by atoms with E-state index in [1.807, 2.05) is 18.2 Å². The third-order valence-electron chi connectivity index (χ3n) is 2.65. The fourth-order valence-corrected chi connectivity index (χ4v) is 1.97. The third-order valence-corrected chi connectivity index (χ3v) is 3.39. The molecule has 0 saturated carbocycles. The number of benzene rings is 1. The first kappa shape index (κ1) is 13.8. The summed E-state index contributed by atoms with van der Waals surface area (Å²) in [6, 6.07) is 9.23. The first-order chi connectivity index (χ1) is 9.10. The summed E-state index contributed by atoms with van der Waals surface area (Å²) in [5, 5.41) is 1.03. The average molecular weight is 295 g/mol. The molecule has 0 fully saturated rings. The molecule has 0 aliphatic heterocycles. The normalized spacial score (nSPS) is 10.3. The predicted octanol–water partition coefficient (Wildman–Crippen LogP) is 3.64. The highest BCUT2D eigenvalue weighted by molar-refractivity contribution is 6.42. The highest BCUT2D eigenvalue weighted by Gasteiger charge is 2.04. The van der Waals surface area contributed by atoms with Gasteiger partial charge in [-0.3, -0.25) is 9.78 Å². The van der Waals surface area contributed by atoms with Crippen LogP contribution in [0.15, 0.2) is 36.5 Å². The maximum absolute atomic E-state index is 10.5. The summed E-state index contributed by atoms with van der Waals surface area (Å²) in [6.45, 7) is 0.540. The van der Waals surface area contributed by atoms with Crippen molar-refractivity contribution in [3.05, 3.63) is 52.1 Å². The summed E-state index contributed by atoms with van der Waals surface area (Å²) < 4.78 is 0. The minimum atomic E-state index is 0.505. The van der Waals surface area contributed by atoms with Gasteiger partial charge in [0.1, 0.15) is 0 Å². The molecule has 1 amide bonds. The molecule has 0 unspecified atom stereocenters. The minimum Gasteiger partial charge on any atom is -0.344 e. The van der Waals surface area contributed by atoms with Crippen molar-refractivity contribution in [2.45, 2.75) is 6.54 Å². The Balaban J connectivity index is 2.22. The van der Waals surface area contributed by atoms with Gasteiger partial charge in [-0.2, -0.15) is 0 Å². The van der Waals surface area contributed by atoms with Gasteiger partial charge in [0, 0.05) is 25.4 Å². The Labute approximate surface area is 121 Å². The van der Waals surface area contributed by atoms with Crippen molar-refractivity contribution in [1.29, 1.82) is 0 Å². The van der Waals surface area contributed by atoms with Crippen molar-refractivity contribution in [2.75, 3.05) is 7.05 Å². The topological polar surface area (TPSA) is 33.2 Å². The first-order valence-corrected chi connectivity index (χ1v) is 6.41. The van der Waals surface area contributed by atoms with Crippen LogP contribution in [0.5, 0.6) is 0 Å². The van der Waals surface area contributed by atoms with Gasteiger partial charge in [0.25, 0.3) is 0 Å². The van der Waals surface area contributed by atoms with Crippen LogP contribution in [-0.2, 0) is 11.3 Å². The van der Waals surface area contributed by atoms with E-state index in [4.69, 9.17) is 23.2 Å². The molecular weight excluding hydrogens is 283 g/mol. The smallest absolute Gasteiger partial charge is 0.209 e. The molecule has 1 heterocycles. The van der Waals surface area contributed by atoms with E-state index in [0.717, 1.165) is 23.2 Å². The molecule has 0 N–H and O–H groups in total. The van der Waals surface area contributed by atoms with Crippen LogP contribution in [0.3, 0.4) is 0 Å². The SMILES string of the molecule is CN(C=O)Cc1ccc(-c2ccc(Cl)c(Cl)c2)nc1. The molecule has 19 heavy (non-hydrogen) atoms. The molecule has 98 valence electrons. The van der Waals surface area contributed by atoms with Gasteiger partial charge in [0.15, 0.2) is 0 Å². The van der Waals surface area contributed by atoms with Gasteiger partial charge in [0.05, 0.1) is 15.7 Å². The highest BCUT2D eigenvalue weighted by Crippen LogP contribution is 2.27. The third kappa shape index (κ3) is 3.46. The van der Waals surface area contributed by atoms with Gasteiger partial charge in [-0.1, -0.05) is 35.3 Å². The van der Waals surface area contributed by atoms with Crippen LogP contribution in [0.1, 0.15) is 5.56 Å². The summed E-state index contributed by atoms with van der Waals surface area (Å²) in [7, 11) is 1.72. The number of amides is 1. The van der Waals surface area contributed by atoms with E-state index in [1.54, 1.807) is 30.3 Å². The molecule has 0 aliphatic carbocycles. The minimum absolute atomic E-state index is 0.505. The van der Waals surface area contributed by atoms with Crippen LogP contribution in [0, 0.1) is 0 Å². The molecular formula is C14H12Cl2N2O. The number of hydrogen-bond acceptors (Lipinski definition) is 2. The second-order valence-corrected chi connectivity index (χ2v) is 5.02. The van der Waals surface area contributed by atoms with Crippen molar-refractivity contribution in [1.82, 2.24) is 9.88 Å². The first-order valence-electron chi connectivity index (χ1n) is 5.66. The summed E-state index contributed by atoms with van der Waals surface area (Å²) >= 11 is 11.9. The largest absolute Gasteiger partial charge is 0.344 e. The van der Waals surface area contributed by atoms with Crippen molar-refractivity contribution in [3.8, 4) is 11.3 Å². The average Bonchev–Trinajstić information content (AvgIpc) is 2.42. The lowest BCUT2D eigenvalue weighted by Gasteiger charge is -2.10. The number of halogens is 2.